The molecule has 0 aliphatic heterocycles. The van der Waals surface area contributed by atoms with Gasteiger partial charge in [0.1, 0.15) is 17.7 Å². The molecule has 0 saturated carbocycles. The Morgan fingerprint density at radius 2 is 1.62 bits per heavy atom. The van der Waals surface area contributed by atoms with Crippen LogP contribution in [0.4, 0.5) is 11.5 Å². The smallest absolute Gasteiger partial charge is 0.205 e. The number of nitrogens with one attached hydrogen (secondary N) is 1. The average molecular weight is 346 g/mol. The zero-order valence-electron chi connectivity index (χ0n) is 13.5. The highest BCUT2D eigenvalue weighted by molar-refractivity contribution is 6.30. The van der Waals surface area contributed by atoms with Crippen LogP contribution in [0.2, 0.25) is 5.02 Å². The van der Waals surface area contributed by atoms with Gasteiger partial charge in [0.15, 0.2) is 11.5 Å². The Hall–Kier alpha value is -2.73. The topological polar surface area (TPSA) is 65.5 Å². The lowest BCUT2D eigenvalue weighted by Crippen LogP contribution is -2.00. The van der Waals surface area contributed by atoms with E-state index in [4.69, 9.17) is 25.8 Å². The van der Waals surface area contributed by atoms with E-state index >= 15 is 0 Å². The Bertz CT molecular complexity index is 869. The Balaban J connectivity index is 2.17. The van der Waals surface area contributed by atoms with Crippen molar-refractivity contribution >= 4 is 34.0 Å². The average Bonchev–Trinajstić information content (AvgIpc) is 2.62. The highest BCUT2D eigenvalue weighted by Crippen LogP contribution is 2.44. The number of aromatic nitrogens is 2. The molecule has 0 bridgehead atoms. The highest BCUT2D eigenvalue weighted by Gasteiger charge is 2.19. The number of ether oxygens (including phenoxy) is 3. The minimum Gasteiger partial charge on any atom is -0.493 e. The van der Waals surface area contributed by atoms with Gasteiger partial charge in [-0.05, 0) is 30.3 Å². The van der Waals surface area contributed by atoms with Gasteiger partial charge in [-0.15, -0.1) is 0 Å². The molecule has 3 aromatic rings. The Kier molecular flexibility index (Phi) is 4.57. The molecule has 24 heavy (non-hydrogen) atoms. The van der Waals surface area contributed by atoms with Crippen LogP contribution < -0.4 is 19.5 Å². The molecule has 1 heterocycles. The third-order valence-corrected chi connectivity index (χ3v) is 3.79. The summed E-state index contributed by atoms with van der Waals surface area (Å²) in [5, 5.41) is 4.67. The standard InChI is InChI=1S/C17H16ClN3O3/c1-22-13-8-12-14(16(24-3)15(13)23-2)19-9-20-17(12)21-11-6-4-10(18)5-7-11/h4-9H,1-3H3,(H,19,20,21). The van der Waals surface area contributed by atoms with E-state index in [1.54, 1.807) is 33.5 Å². The summed E-state index contributed by atoms with van der Waals surface area (Å²) in [6.07, 6.45) is 1.47. The Labute approximate surface area is 144 Å². The van der Waals surface area contributed by atoms with Crippen LogP contribution in [0, 0.1) is 0 Å². The Morgan fingerprint density at radius 1 is 0.917 bits per heavy atom. The van der Waals surface area contributed by atoms with Gasteiger partial charge in [0.25, 0.3) is 0 Å². The first-order valence-corrected chi connectivity index (χ1v) is 7.52. The fraction of sp³-hybridized carbons (Fsp3) is 0.176. The molecule has 0 saturated heterocycles. The minimum atomic E-state index is 0.489. The SMILES string of the molecule is COc1cc2c(Nc3ccc(Cl)cc3)ncnc2c(OC)c1OC. The molecule has 3 rings (SSSR count). The van der Waals surface area contributed by atoms with Crippen molar-refractivity contribution in [3.8, 4) is 17.2 Å². The molecule has 1 aromatic heterocycles. The molecular weight excluding hydrogens is 330 g/mol. The quantitative estimate of drug-likeness (QED) is 0.752. The minimum absolute atomic E-state index is 0.489. The maximum Gasteiger partial charge on any atom is 0.205 e. The van der Waals surface area contributed by atoms with Crippen LogP contribution >= 0.6 is 11.6 Å². The number of anilines is 2. The maximum atomic E-state index is 5.92. The molecular formula is C17H16ClN3O3. The van der Waals surface area contributed by atoms with E-state index in [1.807, 2.05) is 18.2 Å². The normalized spacial score (nSPS) is 10.5. The molecule has 0 aliphatic carbocycles. The van der Waals surface area contributed by atoms with Gasteiger partial charge in [-0.1, -0.05) is 11.6 Å². The second kappa shape index (κ2) is 6.80. The summed E-state index contributed by atoms with van der Waals surface area (Å²) in [6.45, 7) is 0. The zero-order valence-corrected chi connectivity index (χ0v) is 14.2. The van der Waals surface area contributed by atoms with Gasteiger partial charge in [0.05, 0.1) is 26.7 Å². The van der Waals surface area contributed by atoms with Crippen LogP contribution in [0.1, 0.15) is 0 Å². The number of fused-ring (bicyclic) bond motifs is 1. The molecule has 124 valence electrons. The molecule has 7 heteroatoms. The molecule has 0 spiro atoms. The van der Waals surface area contributed by atoms with E-state index in [2.05, 4.69) is 15.3 Å². The first kappa shape index (κ1) is 16.1. The van der Waals surface area contributed by atoms with E-state index in [-0.39, 0.29) is 0 Å². The summed E-state index contributed by atoms with van der Waals surface area (Å²) in [4.78, 5) is 8.64. The summed E-state index contributed by atoms with van der Waals surface area (Å²) >= 11 is 5.92. The van der Waals surface area contributed by atoms with Gasteiger partial charge in [-0.25, -0.2) is 9.97 Å². The van der Waals surface area contributed by atoms with E-state index in [0.717, 1.165) is 11.1 Å². The Morgan fingerprint density at radius 3 is 2.25 bits per heavy atom. The van der Waals surface area contributed by atoms with Crippen LogP contribution in [-0.4, -0.2) is 31.3 Å². The van der Waals surface area contributed by atoms with Crippen molar-refractivity contribution in [1.82, 2.24) is 9.97 Å². The van der Waals surface area contributed by atoms with Crippen LogP contribution in [0.15, 0.2) is 36.7 Å². The highest BCUT2D eigenvalue weighted by atomic mass is 35.5. The fourth-order valence-corrected chi connectivity index (χ4v) is 2.56. The van der Waals surface area contributed by atoms with Crippen molar-refractivity contribution in [2.75, 3.05) is 26.6 Å². The van der Waals surface area contributed by atoms with Crippen molar-refractivity contribution in [3.63, 3.8) is 0 Å². The molecule has 0 radical (unpaired) electrons. The number of hydrogen-bond acceptors (Lipinski definition) is 6. The monoisotopic (exact) mass is 345 g/mol. The second-order valence-electron chi connectivity index (χ2n) is 4.90. The molecule has 0 unspecified atom stereocenters. The van der Waals surface area contributed by atoms with E-state index in [1.165, 1.54) is 6.33 Å². The van der Waals surface area contributed by atoms with Crippen molar-refractivity contribution < 1.29 is 14.2 Å². The molecule has 1 N–H and O–H groups in total. The van der Waals surface area contributed by atoms with Crippen LogP contribution in [0.5, 0.6) is 17.2 Å². The molecule has 0 aliphatic rings. The van der Waals surface area contributed by atoms with Gasteiger partial charge in [0, 0.05) is 10.7 Å². The summed E-state index contributed by atoms with van der Waals surface area (Å²) in [5.41, 5.74) is 1.48. The third-order valence-electron chi connectivity index (χ3n) is 3.54. The lowest BCUT2D eigenvalue weighted by molar-refractivity contribution is 0.327. The van der Waals surface area contributed by atoms with Gasteiger partial charge >= 0.3 is 0 Å². The van der Waals surface area contributed by atoms with Crippen molar-refractivity contribution in [2.24, 2.45) is 0 Å². The molecule has 0 amide bonds. The molecule has 0 atom stereocenters. The summed E-state index contributed by atoms with van der Waals surface area (Å²) < 4.78 is 16.3. The first-order valence-electron chi connectivity index (χ1n) is 7.14. The van der Waals surface area contributed by atoms with E-state index in [0.29, 0.717) is 33.6 Å². The predicted octanol–water partition coefficient (Wildman–Crippen LogP) is 4.05. The summed E-state index contributed by atoms with van der Waals surface area (Å²) in [7, 11) is 4.69. The van der Waals surface area contributed by atoms with Gasteiger partial charge in [-0.2, -0.15) is 0 Å². The second-order valence-corrected chi connectivity index (χ2v) is 5.33. The third kappa shape index (κ3) is 2.88. The number of methoxy groups -OCH3 is 3. The lowest BCUT2D eigenvalue weighted by atomic mass is 10.1. The number of benzene rings is 2. The van der Waals surface area contributed by atoms with Gasteiger partial charge in [0.2, 0.25) is 5.75 Å². The molecule has 0 fully saturated rings. The first-order chi connectivity index (χ1) is 11.7. The zero-order chi connectivity index (χ0) is 17.1. The van der Waals surface area contributed by atoms with Crippen LogP contribution in [0.25, 0.3) is 10.9 Å². The molecule has 2 aromatic carbocycles. The van der Waals surface area contributed by atoms with E-state index in [9.17, 15) is 0 Å². The lowest BCUT2D eigenvalue weighted by Gasteiger charge is -2.15. The molecule has 6 nitrogen and oxygen atoms in total. The number of halogens is 1. The van der Waals surface area contributed by atoms with E-state index < -0.39 is 0 Å². The number of nitrogens with zero attached hydrogens (tertiary/aromatic N) is 2. The van der Waals surface area contributed by atoms with Gasteiger partial charge in [-0.3, -0.25) is 0 Å². The number of hydrogen-bond donors (Lipinski definition) is 1. The van der Waals surface area contributed by atoms with Crippen molar-refractivity contribution in [3.05, 3.63) is 41.7 Å². The largest absolute Gasteiger partial charge is 0.493 e. The van der Waals surface area contributed by atoms with Crippen molar-refractivity contribution in [1.29, 1.82) is 0 Å². The van der Waals surface area contributed by atoms with Crippen molar-refractivity contribution in [2.45, 2.75) is 0 Å². The van der Waals surface area contributed by atoms with Crippen LogP contribution in [-0.2, 0) is 0 Å². The number of rotatable bonds is 5. The maximum absolute atomic E-state index is 5.92. The van der Waals surface area contributed by atoms with Crippen LogP contribution in [0.3, 0.4) is 0 Å². The summed E-state index contributed by atoms with van der Waals surface area (Å²) in [6, 6.07) is 9.16. The van der Waals surface area contributed by atoms with Gasteiger partial charge < -0.3 is 19.5 Å². The summed E-state index contributed by atoms with van der Waals surface area (Å²) in [5.74, 6) is 2.15. The fourth-order valence-electron chi connectivity index (χ4n) is 2.43. The predicted molar refractivity (Wildman–Crippen MR) is 93.9 cm³/mol.